The number of rotatable bonds is 5. The molecular weight excluding hydrogens is 272 g/mol. The SMILES string of the molecule is NCCCC[C@H](N)C(=O)O.[Ce]. The second-order valence-electron chi connectivity index (χ2n) is 2.23. The Kier molecular flexibility index (Phi) is 11.5. The molecule has 5 N–H and O–H groups in total. The molecule has 64 valence electrons. The zero-order valence-corrected chi connectivity index (χ0v) is 9.56. The van der Waals surface area contributed by atoms with Crippen molar-refractivity contribution in [3.63, 3.8) is 0 Å². The van der Waals surface area contributed by atoms with Crippen molar-refractivity contribution in [1.82, 2.24) is 0 Å². The summed E-state index contributed by atoms with van der Waals surface area (Å²) >= 11 is 0. The van der Waals surface area contributed by atoms with Gasteiger partial charge in [0.2, 0.25) is 0 Å². The number of carbonyl (C=O) groups is 1. The van der Waals surface area contributed by atoms with Gasteiger partial charge in [0.05, 0.1) is 0 Å². The summed E-state index contributed by atoms with van der Waals surface area (Å²) in [5, 5.41) is 8.33. The van der Waals surface area contributed by atoms with Crippen LogP contribution < -0.4 is 11.5 Å². The monoisotopic (exact) mass is 286 g/mol. The van der Waals surface area contributed by atoms with Gasteiger partial charge in [-0.1, -0.05) is 6.42 Å². The Hall–Kier alpha value is 0.767. The van der Waals surface area contributed by atoms with E-state index < -0.39 is 12.0 Å². The summed E-state index contributed by atoms with van der Waals surface area (Å²) in [4.78, 5) is 10.1. The molecule has 0 saturated heterocycles. The molecule has 0 aromatic rings. The third-order valence-electron chi connectivity index (χ3n) is 1.29. The molecule has 0 aliphatic rings. The number of carboxylic acid groups (broad SMARTS) is 1. The average Bonchev–Trinajstić information content (AvgIpc) is 1.88. The van der Waals surface area contributed by atoms with E-state index in [4.69, 9.17) is 16.6 Å². The summed E-state index contributed by atoms with van der Waals surface area (Å²) in [7, 11) is 0. The third-order valence-corrected chi connectivity index (χ3v) is 1.29. The zero-order valence-electron chi connectivity index (χ0n) is 6.42. The predicted molar refractivity (Wildman–Crippen MR) is 38.5 cm³/mol. The van der Waals surface area contributed by atoms with Crippen molar-refractivity contribution in [3.8, 4) is 0 Å². The molecule has 0 radical (unpaired) electrons. The van der Waals surface area contributed by atoms with Crippen molar-refractivity contribution in [2.75, 3.05) is 6.54 Å². The fraction of sp³-hybridized carbons (Fsp3) is 0.833. The largest absolute Gasteiger partial charge is 0.480 e. The summed E-state index contributed by atoms with van der Waals surface area (Å²) in [6, 6.07) is -0.716. The quantitative estimate of drug-likeness (QED) is 0.596. The van der Waals surface area contributed by atoms with Crippen molar-refractivity contribution in [2.24, 2.45) is 11.5 Å². The minimum atomic E-state index is -0.933. The van der Waals surface area contributed by atoms with Gasteiger partial charge in [0, 0.05) is 41.7 Å². The van der Waals surface area contributed by atoms with Crippen LogP contribution in [0.4, 0.5) is 0 Å². The van der Waals surface area contributed by atoms with E-state index in [1.54, 1.807) is 0 Å². The number of hydrogen-bond donors (Lipinski definition) is 3. The fourth-order valence-corrected chi connectivity index (χ4v) is 0.632. The van der Waals surface area contributed by atoms with Gasteiger partial charge >= 0.3 is 5.97 Å². The van der Waals surface area contributed by atoms with E-state index in [2.05, 4.69) is 0 Å². The van der Waals surface area contributed by atoms with Crippen molar-refractivity contribution >= 4 is 5.97 Å². The van der Waals surface area contributed by atoms with E-state index in [9.17, 15) is 4.79 Å². The Labute approximate surface area is 100 Å². The molecule has 0 unspecified atom stereocenters. The first kappa shape index (κ1) is 14.3. The molecule has 0 bridgehead atoms. The molecule has 0 aromatic carbocycles. The summed E-state index contributed by atoms with van der Waals surface area (Å²) < 4.78 is 0. The smallest absolute Gasteiger partial charge is 0.320 e. The van der Waals surface area contributed by atoms with Gasteiger partial charge in [-0.15, -0.1) is 0 Å². The zero-order chi connectivity index (χ0) is 7.98. The van der Waals surface area contributed by atoms with Gasteiger partial charge in [-0.25, -0.2) is 0 Å². The fourth-order valence-electron chi connectivity index (χ4n) is 0.632. The number of unbranched alkanes of at least 4 members (excludes halogenated alkanes) is 1. The molecule has 0 rings (SSSR count). The summed E-state index contributed by atoms with van der Waals surface area (Å²) in [6.45, 7) is 0.604. The number of hydrogen-bond acceptors (Lipinski definition) is 3. The molecule has 11 heavy (non-hydrogen) atoms. The van der Waals surface area contributed by atoms with Crippen molar-refractivity contribution in [2.45, 2.75) is 25.3 Å². The maximum Gasteiger partial charge on any atom is 0.320 e. The standard InChI is InChI=1S/C6H14N2O2.Ce/c7-4-2-1-3-5(8)6(9)10;/h5H,1-4,7-8H2,(H,9,10);/t5-;/m0./s1. The number of aliphatic carboxylic acids is 1. The molecule has 4 nitrogen and oxygen atoms in total. The van der Waals surface area contributed by atoms with Crippen LogP contribution in [0.3, 0.4) is 0 Å². The number of carboxylic acids is 1. The van der Waals surface area contributed by atoms with Crippen LogP contribution in [-0.2, 0) is 4.79 Å². The van der Waals surface area contributed by atoms with Gasteiger partial charge in [0.1, 0.15) is 6.04 Å². The molecule has 5 heteroatoms. The first-order chi connectivity index (χ1) is 4.68. The Morgan fingerprint density at radius 3 is 2.36 bits per heavy atom. The maximum atomic E-state index is 10.1. The Bertz CT molecular complexity index is 111. The second-order valence-corrected chi connectivity index (χ2v) is 2.23. The van der Waals surface area contributed by atoms with Crippen LogP contribution in [-0.4, -0.2) is 23.7 Å². The van der Waals surface area contributed by atoms with Crippen LogP contribution in [0, 0.1) is 41.7 Å². The van der Waals surface area contributed by atoms with Crippen LogP contribution >= 0.6 is 0 Å². The third kappa shape index (κ3) is 8.67. The Morgan fingerprint density at radius 2 is 2.00 bits per heavy atom. The van der Waals surface area contributed by atoms with E-state index in [1.165, 1.54) is 0 Å². The predicted octanol–water partition coefficient (Wildman–Crippen LogP) is -0.473. The number of nitrogens with two attached hydrogens (primary N) is 2. The van der Waals surface area contributed by atoms with E-state index in [0.29, 0.717) is 13.0 Å². The Morgan fingerprint density at radius 1 is 1.45 bits per heavy atom. The summed E-state index contributed by atoms with van der Waals surface area (Å²) in [6.07, 6.45) is 2.16. The van der Waals surface area contributed by atoms with E-state index >= 15 is 0 Å². The van der Waals surface area contributed by atoms with Crippen LogP contribution in [0.1, 0.15) is 19.3 Å². The van der Waals surface area contributed by atoms with Gasteiger partial charge in [0.15, 0.2) is 0 Å². The molecule has 0 heterocycles. The van der Waals surface area contributed by atoms with Gasteiger partial charge in [0.25, 0.3) is 0 Å². The van der Waals surface area contributed by atoms with Crippen LogP contribution in [0.15, 0.2) is 0 Å². The topological polar surface area (TPSA) is 89.3 Å². The average molecular weight is 286 g/mol. The second kappa shape index (κ2) is 8.86. The van der Waals surface area contributed by atoms with Gasteiger partial charge < -0.3 is 16.6 Å². The van der Waals surface area contributed by atoms with Crippen molar-refractivity contribution in [3.05, 3.63) is 0 Å². The van der Waals surface area contributed by atoms with Gasteiger partial charge in [-0.05, 0) is 19.4 Å². The van der Waals surface area contributed by atoms with Crippen molar-refractivity contribution in [1.29, 1.82) is 0 Å². The molecule has 0 amide bonds. The molecule has 0 spiro atoms. The van der Waals surface area contributed by atoms with Crippen LogP contribution in [0.5, 0.6) is 0 Å². The van der Waals surface area contributed by atoms with Gasteiger partial charge in [-0.2, -0.15) is 0 Å². The minimum absolute atomic E-state index is 0. The molecular formula is C6H14CeN2O2. The molecule has 0 aliphatic heterocycles. The summed E-state index contributed by atoms with van der Waals surface area (Å²) in [5.41, 5.74) is 10.4. The van der Waals surface area contributed by atoms with Crippen molar-refractivity contribution < 1.29 is 51.6 Å². The first-order valence-electron chi connectivity index (χ1n) is 3.37. The van der Waals surface area contributed by atoms with Crippen LogP contribution in [0.25, 0.3) is 0 Å². The molecule has 0 saturated carbocycles. The van der Waals surface area contributed by atoms with E-state index in [1.807, 2.05) is 0 Å². The summed E-state index contributed by atoms with van der Waals surface area (Å²) in [5.74, 6) is -0.933. The molecule has 0 aliphatic carbocycles. The molecule has 0 aromatic heterocycles. The minimum Gasteiger partial charge on any atom is -0.480 e. The normalized spacial score (nSPS) is 11.8. The van der Waals surface area contributed by atoms with E-state index in [0.717, 1.165) is 12.8 Å². The van der Waals surface area contributed by atoms with Gasteiger partial charge in [-0.3, -0.25) is 4.79 Å². The molecule has 0 fully saturated rings. The van der Waals surface area contributed by atoms with Crippen LogP contribution in [0.2, 0.25) is 0 Å². The van der Waals surface area contributed by atoms with E-state index in [-0.39, 0.29) is 41.7 Å². The molecule has 1 atom stereocenters. The first-order valence-corrected chi connectivity index (χ1v) is 3.37. The Balaban J connectivity index is 0. The maximum absolute atomic E-state index is 10.1.